The molecule has 0 spiro atoms. The van der Waals surface area contributed by atoms with Crippen molar-refractivity contribution in [3.05, 3.63) is 65.7 Å². The van der Waals surface area contributed by atoms with Crippen LogP contribution in [0, 0.1) is 6.92 Å². The lowest BCUT2D eigenvalue weighted by molar-refractivity contribution is -0.119. The van der Waals surface area contributed by atoms with E-state index in [1.807, 2.05) is 66.1 Å². The first-order chi connectivity index (χ1) is 16.5. The Bertz CT molecular complexity index is 1130. The molecule has 0 bridgehead atoms. The fourth-order valence-corrected chi connectivity index (χ4v) is 4.43. The summed E-state index contributed by atoms with van der Waals surface area (Å²) in [6.07, 6.45) is 0. The first-order valence-electron chi connectivity index (χ1n) is 11.2. The Kier molecular flexibility index (Phi) is 7.81. The van der Waals surface area contributed by atoms with Crippen molar-refractivity contribution in [2.45, 2.75) is 30.8 Å². The number of imide groups is 1. The Balaban J connectivity index is 1.47. The molecule has 0 aliphatic carbocycles. The number of morpholine rings is 1. The molecule has 1 fully saturated rings. The highest BCUT2D eigenvalue weighted by molar-refractivity contribution is 8.00. The number of carbonyl (C=O) groups excluding carboxylic acids is 2. The number of hydrogen-bond donors (Lipinski definition) is 2. The van der Waals surface area contributed by atoms with Crippen LogP contribution in [0.4, 0.5) is 10.7 Å². The van der Waals surface area contributed by atoms with Gasteiger partial charge in [0.2, 0.25) is 11.9 Å². The molecule has 34 heavy (non-hydrogen) atoms. The maximum absolute atomic E-state index is 12.7. The third-order valence-electron chi connectivity index (χ3n) is 5.45. The van der Waals surface area contributed by atoms with Crippen molar-refractivity contribution in [1.29, 1.82) is 0 Å². The van der Waals surface area contributed by atoms with Crippen LogP contribution in [0.3, 0.4) is 0 Å². The van der Waals surface area contributed by atoms with E-state index in [0.29, 0.717) is 44.0 Å². The number of hydrogen-bond acceptors (Lipinski definition) is 7. The second kappa shape index (κ2) is 11.2. The van der Waals surface area contributed by atoms with E-state index in [2.05, 4.69) is 25.7 Å². The zero-order chi connectivity index (χ0) is 23.9. The first kappa shape index (κ1) is 23.8. The van der Waals surface area contributed by atoms with E-state index in [-0.39, 0.29) is 0 Å². The normalized spacial score (nSPS) is 14.5. The summed E-state index contributed by atoms with van der Waals surface area (Å²) in [6.45, 7) is 6.79. The Morgan fingerprint density at radius 2 is 1.76 bits per heavy atom. The molecule has 178 valence electrons. The molecule has 9 nitrogen and oxygen atoms in total. The lowest BCUT2D eigenvalue weighted by Gasteiger charge is -2.28. The minimum atomic E-state index is -0.563. The number of amides is 3. The number of aryl methyl sites for hydroxylation is 1. The number of nitrogens with one attached hydrogen (secondary N) is 2. The SMILES string of the molecule is Cc1ccccc1-n1c(SC(C)C(=O)NC(=O)NCc2ccccc2)nnc1N1CCOCC1. The number of ether oxygens (including phenoxy) is 1. The van der Waals surface area contributed by atoms with Crippen LogP contribution in [-0.4, -0.2) is 58.3 Å². The summed E-state index contributed by atoms with van der Waals surface area (Å²) in [7, 11) is 0. The van der Waals surface area contributed by atoms with Crippen molar-refractivity contribution >= 4 is 29.6 Å². The topological polar surface area (TPSA) is 101 Å². The van der Waals surface area contributed by atoms with E-state index >= 15 is 0 Å². The van der Waals surface area contributed by atoms with Gasteiger partial charge >= 0.3 is 6.03 Å². The Labute approximate surface area is 202 Å². The predicted octanol–water partition coefficient (Wildman–Crippen LogP) is 2.92. The van der Waals surface area contributed by atoms with Crippen LogP contribution in [0.5, 0.6) is 0 Å². The second-order valence-electron chi connectivity index (χ2n) is 7.92. The number of para-hydroxylation sites is 1. The standard InChI is InChI=1S/C24H28N6O3S/c1-17-8-6-7-11-20(17)30-23(29-12-14-33-15-13-29)27-28-24(30)34-18(2)21(31)26-22(32)25-16-19-9-4-3-5-10-19/h3-11,18H,12-16H2,1-2H3,(H2,25,26,31,32). The van der Waals surface area contributed by atoms with Crippen LogP contribution in [-0.2, 0) is 16.1 Å². The molecule has 3 amide bonds. The lowest BCUT2D eigenvalue weighted by Crippen LogP contribution is -2.42. The van der Waals surface area contributed by atoms with Crippen molar-refractivity contribution < 1.29 is 14.3 Å². The lowest BCUT2D eigenvalue weighted by atomic mass is 10.2. The molecule has 1 saturated heterocycles. The molecule has 0 radical (unpaired) electrons. The van der Waals surface area contributed by atoms with E-state index in [9.17, 15) is 9.59 Å². The zero-order valence-corrected chi connectivity index (χ0v) is 20.0. The van der Waals surface area contributed by atoms with Gasteiger partial charge in [0.1, 0.15) is 0 Å². The van der Waals surface area contributed by atoms with Crippen molar-refractivity contribution in [2.24, 2.45) is 0 Å². The summed E-state index contributed by atoms with van der Waals surface area (Å²) < 4.78 is 7.46. The summed E-state index contributed by atoms with van der Waals surface area (Å²) in [4.78, 5) is 27.1. The van der Waals surface area contributed by atoms with Gasteiger partial charge in [0.15, 0.2) is 5.16 Å². The molecule has 2 heterocycles. The molecule has 1 atom stereocenters. The number of urea groups is 1. The molecule has 1 aliphatic rings. The monoisotopic (exact) mass is 480 g/mol. The maximum atomic E-state index is 12.7. The van der Waals surface area contributed by atoms with Gasteiger partial charge in [-0.2, -0.15) is 0 Å². The smallest absolute Gasteiger partial charge is 0.321 e. The summed E-state index contributed by atoms with van der Waals surface area (Å²) in [5, 5.41) is 14.0. The number of nitrogens with zero attached hydrogens (tertiary/aromatic N) is 4. The molecule has 3 aromatic rings. The third kappa shape index (κ3) is 5.75. The van der Waals surface area contributed by atoms with Crippen LogP contribution in [0.1, 0.15) is 18.1 Å². The quantitative estimate of drug-likeness (QED) is 0.502. The van der Waals surface area contributed by atoms with Crippen molar-refractivity contribution in [3.8, 4) is 5.69 Å². The van der Waals surface area contributed by atoms with Gasteiger partial charge in [0, 0.05) is 19.6 Å². The fraction of sp³-hybridized carbons (Fsp3) is 0.333. The number of benzene rings is 2. The number of thioether (sulfide) groups is 1. The predicted molar refractivity (Wildman–Crippen MR) is 131 cm³/mol. The Morgan fingerprint density at radius 3 is 2.50 bits per heavy atom. The van der Waals surface area contributed by atoms with Crippen molar-refractivity contribution in [3.63, 3.8) is 0 Å². The van der Waals surface area contributed by atoms with Gasteiger partial charge in [-0.3, -0.25) is 14.7 Å². The third-order valence-corrected chi connectivity index (χ3v) is 6.49. The summed E-state index contributed by atoms with van der Waals surface area (Å²) >= 11 is 1.26. The Morgan fingerprint density at radius 1 is 1.06 bits per heavy atom. The molecule has 1 aliphatic heterocycles. The summed E-state index contributed by atoms with van der Waals surface area (Å²) in [5.41, 5.74) is 2.97. The highest BCUT2D eigenvalue weighted by Gasteiger charge is 2.26. The highest BCUT2D eigenvalue weighted by Crippen LogP contribution is 2.31. The van der Waals surface area contributed by atoms with Gasteiger partial charge in [-0.05, 0) is 31.0 Å². The summed E-state index contributed by atoms with van der Waals surface area (Å²) in [5.74, 6) is 0.316. The first-order valence-corrected chi connectivity index (χ1v) is 12.0. The molecule has 4 rings (SSSR count). The number of carbonyl (C=O) groups is 2. The minimum Gasteiger partial charge on any atom is -0.378 e. The molecule has 0 saturated carbocycles. The van der Waals surface area contributed by atoms with Gasteiger partial charge in [-0.25, -0.2) is 4.79 Å². The molecular formula is C24H28N6O3S. The molecule has 1 unspecified atom stereocenters. The zero-order valence-electron chi connectivity index (χ0n) is 19.2. The number of rotatable bonds is 7. The van der Waals surface area contributed by atoms with Gasteiger partial charge in [0.05, 0.1) is 24.2 Å². The van der Waals surface area contributed by atoms with Crippen LogP contribution >= 0.6 is 11.8 Å². The molecule has 2 N–H and O–H groups in total. The highest BCUT2D eigenvalue weighted by atomic mass is 32.2. The Hall–Kier alpha value is -3.37. The average Bonchev–Trinajstić information content (AvgIpc) is 3.27. The van der Waals surface area contributed by atoms with Gasteiger partial charge in [-0.15, -0.1) is 10.2 Å². The molecule has 10 heteroatoms. The number of anilines is 1. The van der Waals surface area contributed by atoms with E-state index in [0.717, 1.165) is 16.8 Å². The molecular weight excluding hydrogens is 452 g/mol. The van der Waals surface area contributed by atoms with Crippen LogP contribution in [0.25, 0.3) is 5.69 Å². The number of aromatic nitrogens is 3. The molecule has 2 aromatic carbocycles. The van der Waals surface area contributed by atoms with E-state index in [1.54, 1.807) is 6.92 Å². The van der Waals surface area contributed by atoms with Crippen molar-refractivity contribution in [2.75, 3.05) is 31.2 Å². The van der Waals surface area contributed by atoms with Crippen LogP contribution < -0.4 is 15.5 Å². The van der Waals surface area contributed by atoms with Gasteiger partial charge < -0.3 is 15.0 Å². The summed E-state index contributed by atoms with van der Waals surface area (Å²) in [6, 6.07) is 17.0. The molecule has 1 aromatic heterocycles. The fourth-order valence-electron chi connectivity index (χ4n) is 3.58. The maximum Gasteiger partial charge on any atom is 0.321 e. The van der Waals surface area contributed by atoms with Gasteiger partial charge in [-0.1, -0.05) is 60.3 Å². The van der Waals surface area contributed by atoms with Crippen LogP contribution in [0.2, 0.25) is 0 Å². The van der Waals surface area contributed by atoms with E-state index < -0.39 is 17.2 Å². The van der Waals surface area contributed by atoms with E-state index in [4.69, 9.17) is 4.74 Å². The minimum absolute atomic E-state index is 0.339. The second-order valence-corrected chi connectivity index (χ2v) is 9.23. The largest absolute Gasteiger partial charge is 0.378 e. The van der Waals surface area contributed by atoms with Crippen molar-refractivity contribution in [1.82, 2.24) is 25.4 Å². The average molecular weight is 481 g/mol. The van der Waals surface area contributed by atoms with Crippen LogP contribution in [0.15, 0.2) is 59.8 Å². The van der Waals surface area contributed by atoms with E-state index in [1.165, 1.54) is 11.8 Å². The van der Waals surface area contributed by atoms with Gasteiger partial charge in [0.25, 0.3) is 0 Å².